The maximum atomic E-state index is 12.5. The molecule has 0 bridgehead atoms. The van der Waals surface area contributed by atoms with Gasteiger partial charge in [0.05, 0.1) is 31.0 Å². The molecule has 1 aromatic heterocycles. The predicted octanol–water partition coefficient (Wildman–Crippen LogP) is 1.17. The monoisotopic (exact) mass is 212 g/mol. The molecule has 1 rings (SSSR count). The fourth-order valence-electron chi connectivity index (χ4n) is 1.11. The molecule has 0 amide bonds. The van der Waals surface area contributed by atoms with E-state index in [2.05, 4.69) is 4.98 Å². The molecule has 0 spiro atoms. The third-order valence-electron chi connectivity index (χ3n) is 1.82. The Labute approximate surface area is 87.3 Å². The number of rotatable bonds is 4. The SMILES string of the molecule is CCOC(=O)CC(N)c1ccc(F)cn1. The van der Waals surface area contributed by atoms with E-state index in [0.29, 0.717) is 12.3 Å². The summed E-state index contributed by atoms with van der Waals surface area (Å²) in [6, 6.07) is 2.16. The lowest BCUT2D eigenvalue weighted by atomic mass is 10.1. The van der Waals surface area contributed by atoms with Crippen molar-refractivity contribution >= 4 is 5.97 Å². The molecule has 0 aliphatic carbocycles. The second kappa shape index (κ2) is 5.41. The van der Waals surface area contributed by atoms with Crippen molar-refractivity contribution in [3.05, 3.63) is 29.8 Å². The van der Waals surface area contributed by atoms with Crippen LogP contribution in [0.4, 0.5) is 4.39 Å². The van der Waals surface area contributed by atoms with Gasteiger partial charge in [0.15, 0.2) is 0 Å². The summed E-state index contributed by atoms with van der Waals surface area (Å²) in [7, 11) is 0. The second-order valence-electron chi connectivity index (χ2n) is 3.02. The summed E-state index contributed by atoms with van der Waals surface area (Å²) >= 11 is 0. The standard InChI is InChI=1S/C10H13FN2O2/c1-2-15-10(14)5-8(12)9-4-3-7(11)6-13-9/h3-4,6,8H,2,5,12H2,1H3. The highest BCUT2D eigenvalue weighted by Crippen LogP contribution is 2.11. The quantitative estimate of drug-likeness (QED) is 0.761. The van der Waals surface area contributed by atoms with E-state index in [0.717, 1.165) is 6.20 Å². The Morgan fingerprint density at radius 3 is 2.93 bits per heavy atom. The van der Waals surface area contributed by atoms with Gasteiger partial charge in [-0.2, -0.15) is 0 Å². The fraction of sp³-hybridized carbons (Fsp3) is 0.400. The number of hydrogen-bond acceptors (Lipinski definition) is 4. The van der Waals surface area contributed by atoms with Crippen LogP contribution < -0.4 is 5.73 Å². The van der Waals surface area contributed by atoms with E-state index in [1.54, 1.807) is 6.92 Å². The van der Waals surface area contributed by atoms with E-state index in [9.17, 15) is 9.18 Å². The summed E-state index contributed by atoms with van der Waals surface area (Å²) in [5.74, 6) is -0.807. The van der Waals surface area contributed by atoms with Crippen molar-refractivity contribution in [1.82, 2.24) is 4.98 Å². The van der Waals surface area contributed by atoms with Gasteiger partial charge in [0.25, 0.3) is 0 Å². The third-order valence-corrected chi connectivity index (χ3v) is 1.82. The lowest BCUT2D eigenvalue weighted by molar-refractivity contribution is -0.143. The lowest BCUT2D eigenvalue weighted by Crippen LogP contribution is -2.18. The van der Waals surface area contributed by atoms with Crippen LogP contribution in [0.3, 0.4) is 0 Å². The van der Waals surface area contributed by atoms with Gasteiger partial charge in [-0.05, 0) is 19.1 Å². The zero-order valence-corrected chi connectivity index (χ0v) is 8.44. The van der Waals surface area contributed by atoms with Crippen LogP contribution in [0.5, 0.6) is 0 Å². The zero-order valence-electron chi connectivity index (χ0n) is 8.44. The molecule has 4 nitrogen and oxygen atoms in total. The average molecular weight is 212 g/mol. The first-order valence-electron chi connectivity index (χ1n) is 4.66. The van der Waals surface area contributed by atoms with Crippen molar-refractivity contribution < 1.29 is 13.9 Å². The van der Waals surface area contributed by atoms with Crippen LogP contribution in [0, 0.1) is 5.82 Å². The molecule has 1 unspecified atom stereocenters. The average Bonchev–Trinajstić information content (AvgIpc) is 2.18. The number of halogens is 1. The first-order chi connectivity index (χ1) is 7.13. The van der Waals surface area contributed by atoms with Gasteiger partial charge in [0, 0.05) is 0 Å². The fourth-order valence-corrected chi connectivity index (χ4v) is 1.11. The minimum Gasteiger partial charge on any atom is -0.466 e. The Morgan fingerprint density at radius 2 is 2.40 bits per heavy atom. The number of pyridine rings is 1. The summed E-state index contributed by atoms with van der Waals surface area (Å²) in [5, 5.41) is 0. The Morgan fingerprint density at radius 1 is 1.67 bits per heavy atom. The minimum atomic E-state index is -0.551. The van der Waals surface area contributed by atoms with Gasteiger partial charge in [-0.3, -0.25) is 9.78 Å². The maximum absolute atomic E-state index is 12.5. The number of hydrogen-bond donors (Lipinski definition) is 1. The van der Waals surface area contributed by atoms with Crippen LogP contribution in [-0.4, -0.2) is 17.6 Å². The smallest absolute Gasteiger partial charge is 0.307 e. The van der Waals surface area contributed by atoms with Crippen molar-refractivity contribution in [2.24, 2.45) is 5.73 Å². The van der Waals surface area contributed by atoms with Crippen LogP contribution in [0.25, 0.3) is 0 Å². The van der Waals surface area contributed by atoms with Gasteiger partial charge in [-0.1, -0.05) is 0 Å². The van der Waals surface area contributed by atoms with Gasteiger partial charge in [-0.15, -0.1) is 0 Å². The topological polar surface area (TPSA) is 65.2 Å². The van der Waals surface area contributed by atoms with Crippen LogP contribution >= 0.6 is 0 Å². The molecular weight excluding hydrogens is 199 g/mol. The highest BCUT2D eigenvalue weighted by molar-refractivity contribution is 5.70. The van der Waals surface area contributed by atoms with Crippen molar-refractivity contribution in [2.75, 3.05) is 6.61 Å². The summed E-state index contributed by atoms with van der Waals surface area (Å²) in [6.07, 6.45) is 1.12. The number of ether oxygens (including phenoxy) is 1. The second-order valence-corrected chi connectivity index (χ2v) is 3.02. The number of carbonyl (C=O) groups is 1. The Hall–Kier alpha value is -1.49. The molecule has 1 heterocycles. The van der Waals surface area contributed by atoms with E-state index in [-0.39, 0.29) is 12.4 Å². The minimum absolute atomic E-state index is 0.0481. The van der Waals surface area contributed by atoms with E-state index >= 15 is 0 Å². The number of esters is 1. The number of nitrogens with two attached hydrogens (primary N) is 1. The van der Waals surface area contributed by atoms with Gasteiger partial charge >= 0.3 is 5.97 Å². The first-order valence-corrected chi connectivity index (χ1v) is 4.66. The molecule has 2 N–H and O–H groups in total. The van der Waals surface area contributed by atoms with Crippen molar-refractivity contribution in [2.45, 2.75) is 19.4 Å². The molecule has 0 saturated heterocycles. The lowest BCUT2D eigenvalue weighted by Gasteiger charge is -2.09. The molecule has 0 aliphatic rings. The maximum Gasteiger partial charge on any atom is 0.307 e. The molecule has 1 atom stereocenters. The molecule has 5 heteroatoms. The van der Waals surface area contributed by atoms with Gasteiger partial charge in [-0.25, -0.2) is 4.39 Å². The van der Waals surface area contributed by atoms with Gasteiger partial charge < -0.3 is 10.5 Å². The van der Waals surface area contributed by atoms with Gasteiger partial charge in [0.1, 0.15) is 5.82 Å². The molecule has 0 radical (unpaired) electrons. The normalized spacial score (nSPS) is 12.2. The van der Waals surface area contributed by atoms with E-state index in [4.69, 9.17) is 10.5 Å². The predicted molar refractivity (Wildman–Crippen MR) is 52.4 cm³/mol. The molecule has 0 saturated carbocycles. The molecule has 0 aromatic carbocycles. The number of aromatic nitrogens is 1. The summed E-state index contributed by atoms with van der Waals surface area (Å²) < 4.78 is 17.3. The number of carbonyl (C=O) groups excluding carboxylic acids is 1. The Kier molecular flexibility index (Phi) is 4.17. The Bertz CT molecular complexity index is 327. The van der Waals surface area contributed by atoms with Crippen LogP contribution in [-0.2, 0) is 9.53 Å². The van der Waals surface area contributed by atoms with Gasteiger partial charge in [0.2, 0.25) is 0 Å². The van der Waals surface area contributed by atoms with Crippen molar-refractivity contribution in [1.29, 1.82) is 0 Å². The first kappa shape index (κ1) is 11.6. The van der Waals surface area contributed by atoms with E-state index in [1.807, 2.05) is 0 Å². The number of nitrogens with zero attached hydrogens (tertiary/aromatic N) is 1. The molecule has 15 heavy (non-hydrogen) atoms. The van der Waals surface area contributed by atoms with Crippen LogP contribution in [0.2, 0.25) is 0 Å². The molecular formula is C10H13FN2O2. The highest BCUT2D eigenvalue weighted by atomic mass is 19.1. The van der Waals surface area contributed by atoms with E-state index in [1.165, 1.54) is 12.1 Å². The van der Waals surface area contributed by atoms with Crippen LogP contribution in [0.1, 0.15) is 25.1 Å². The molecule has 0 aliphatic heterocycles. The third kappa shape index (κ3) is 3.63. The van der Waals surface area contributed by atoms with Crippen molar-refractivity contribution in [3.8, 4) is 0 Å². The summed E-state index contributed by atoms with van der Waals surface area (Å²) in [5.41, 5.74) is 6.17. The summed E-state index contributed by atoms with van der Waals surface area (Å²) in [6.45, 7) is 2.04. The van der Waals surface area contributed by atoms with E-state index < -0.39 is 11.9 Å². The van der Waals surface area contributed by atoms with Crippen LogP contribution in [0.15, 0.2) is 18.3 Å². The Balaban J connectivity index is 2.57. The molecule has 82 valence electrons. The highest BCUT2D eigenvalue weighted by Gasteiger charge is 2.13. The molecule has 1 aromatic rings. The zero-order chi connectivity index (χ0) is 11.3. The summed E-state index contributed by atoms with van der Waals surface area (Å²) in [4.78, 5) is 14.9. The largest absolute Gasteiger partial charge is 0.466 e. The van der Waals surface area contributed by atoms with Crippen molar-refractivity contribution in [3.63, 3.8) is 0 Å². The molecule has 0 fully saturated rings.